The summed E-state index contributed by atoms with van der Waals surface area (Å²) in [5.41, 5.74) is 4.20. The molecule has 3 aliphatic carbocycles. The third kappa shape index (κ3) is 2.90. The van der Waals surface area contributed by atoms with Gasteiger partial charge in [-0.15, -0.1) is 0 Å². The van der Waals surface area contributed by atoms with E-state index in [0.29, 0.717) is 29.9 Å². The van der Waals surface area contributed by atoms with Crippen LogP contribution in [0.4, 0.5) is 0 Å². The molecule has 2 saturated carbocycles. The highest BCUT2D eigenvalue weighted by atomic mass is 16.5. The van der Waals surface area contributed by atoms with Crippen LogP contribution in [0.5, 0.6) is 5.75 Å². The van der Waals surface area contributed by atoms with Crippen LogP contribution in [0.25, 0.3) is 0 Å². The van der Waals surface area contributed by atoms with E-state index in [0.717, 1.165) is 44.8 Å². The van der Waals surface area contributed by atoms with Gasteiger partial charge in [0.25, 0.3) is 0 Å². The van der Waals surface area contributed by atoms with Gasteiger partial charge < -0.3 is 9.84 Å². The molecule has 4 nitrogen and oxygen atoms in total. The first kappa shape index (κ1) is 18.3. The lowest BCUT2D eigenvalue weighted by atomic mass is 9.55. The van der Waals surface area contributed by atoms with Crippen LogP contribution in [0.1, 0.15) is 73.4 Å². The van der Waals surface area contributed by atoms with E-state index in [9.17, 15) is 14.7 Å². The van der Waals surface area contributed by atoms with Crippen LogP contribution in [-0.2, 0) is 16.0 Å². The summed E-state index contributed by atoms with van der Waals surface area (Å²) in [7, 11) is 0. The standard InChI is InChI=1S/C23H28O4/c1-3-27-22(26)12-16-5-7-20-18-6-4-14-11-21(25)15(13-24)10-19(14)17(18)8-9-23(16,20)2/h10-13,17-18,20,25H,3-9H2,1-2H3/b16-12+/t17-,18+,20-,23+/m0/s1. The monoisotopic (exact) mass is 368 g/mol. The van der Waals surface area contributed by atoms with Crippen LogP contribution in [0, 0.1) is 17.3 Å². The molecule has 144 valence electrons. The topological polar surface area (TPSA) is 63.6 Å². The number of hydrogen-bond donors (Lipinski definition) is 1. The Hall–Kier alpha value is -2.10. The minimum absolute atomic E-state index is 0.0792. The third-order valence-electron chi connectivity index (χ3n) is 7.43. The van der Waals surface area contributed by atoms with Crippen molar-refractivity contribution in [1.29, 1.82) is 0 Å². The van der Waals surface area contributed by atoms with Gasteiger partial charge in [0.2, 0.25) is 0 Å². The largest absolute Gasteiger partial charge is 0.507 e. The van der Waals surface area contributed by atoms with Gasteiger partial charge in [0.15, 0.2) is 6.29 Å². The van der Waals surface area contributed by atoms with Gasteiger partial charge in [-0.2, -0.15) is 0 Å². The van der Waals surface area contributed by atoms with Gasteiger partial charge in [0.05, 0.1) is 12.2 Å². The van der Waals surface area contributed by atoms with E-state index >= 15 is 0 Å². The van der Waals surface area contributed by atoms with Crippen molar-refractivity contribution in [2.24, 2.45) is 17.3 Å². The number of phenolic OH excluding ortho intramolecular Hbond substituents is 1. The summed E-state index contributed by atoms with van der Waals surface area (Å²) in [6.45, 7) is 4.58. The number of phenols is 1. The number of aromatic hydroxyl groups is 1. The van der Waals surface area contributed by atoms with Gasteiger partial charge in [-0.05, 0) is 91.9 Å². The van der Waals surface area contributed by atoms with Crippen molar-refractivity contribution in [3.05, 3.63) is 40.5 Å². The van der Waals surface area contributed by atoms with Gasteiger partial charge in [0.1, 0.15) is 5.75 Å². The summed E-state index contributed by atoms with van der Waals surface area (Å²) in [6, 6.07) is 3.71. The molecule has 0 aliphatic heterocycles. The Labute approximate surface area is 160 Å². The molecular weight excluding hydrogens is 340 g/mol. The maximum absolute atomic E-state index is 12.0. The zero-order valence-corrected chi connectivity index (χ0v) is 16.2. The molecule has 0 spiro atoms. The molecule has 2 fully saturated rings. The quantitative estimate of drug-likeness (QED) is 0.483. The molecule has 0 saturated heterocycles. The normalized spacial score (nSPS) is 33.1. The zero-order chi connectivity index (χ0) is 19.2. The number of esters is 1. The lowest BCUT2D eigenvalue weighted by Gasteiger charge is -2.49. The predicted octanol–water partition coefficient (Wildman–Crippen LogP) is 4.55. The number of ether oxygens (including phenoxy) is 1. The second-order valence-electron chi connectivity index (χ2n) is 8.56. The van der Waals surface area contributed by atoms with Crippen LogP contribution in [0.2, 0.25) is 0 Å². The number of allylic oxidation sites excluding steroid dienone is 1. The predicted molar refractivity (Wildman–Crippen MR) is 103 cm³/mol. The molecule has 1 aromatic carbocycles. The summed E-state index contributed by atoms with van der Waals surface area (Å²) in [5.74, 6) is 1.49. The summed E-state index contributed by atoms with van der Waals surface area (Å²) in [5, 5.41) is 10.0. The molecule has 4 rings (SSSR count). The molecule has 0 unspecified atom stereocenters. The number of rotatable bonds is 3. The fraction of sp³-hybridized carbons (Fsp3) is 0.565. The summed E-state index contributed by atoms with van der Waals surface area (Å²) in [6.07, 6.45) is 8.79. The number of aryl methyl sites for hydroxylation is 1. The molecule has 0 heterocycles. The highest BCUT2D eigenvalue weighted by Crippen LogP contribution is 2.62. The Morgan fingerprint density at radius 2 is 2.11 bits per heavy atom. The van der Waals surface area contributed by atoms with Crippen LogP contribution >= 0.6 is 0 Å². The fourth-order valence-corrected chi connectivity index (χ4v) is 6.13. The third-order valence-corrected chi connectivity index (χ3v) is 7.43. The number of hydrogen-bond acceptors (Lipinski definition) is 4. The Kier molecular flexibility index (Phi) is 4.61. The van der Waals surface area contributed by atoms with Crippen molar-refractivity contribution < 1.29 is 19.4 Å². The van der Waals surface area contributed by atoms with Gasteiger partial charge in [-0.3, -0.25) is 4.79 Å². The molecule has 4 atom stereocenters. The first-order chi connectivity index (χ1) is 13.0. The summed E-state index contributed by atoms with van der Waals surface area (Å²) in [4.78, 5) is 23.3. The second-order valence-corrected chi connectivity index (χ2v) is 8.56. The van der Waals surface area contributed by atoms with Crippen molar-refractivity contribution in [1.82, 2.24) is 0 Å². The highest BCUT2D eigenvalue weighted by molar-refractivity contribution is 5.83. The van der Waals surface area contributed by atoms with Crippen molar-refractivity contribution in [3.8, 4) is 5.75 Å². The summed E-state index contributed by atoms with van der Waals surface area (Å²) < 4.78 is 5.15. The van der Waals surface area contributed by atoms with Crippen LogP contribution in [0.3, 0.4) is 0 Å². The SMILES string of the molecule is CCOC(=O)/C=C1\CC[C@H]2[C@@H]3CCc4cc(O)c(C=O)cc4[C@H]3CC[C@]12C. The average molecular weight is 368 g/mol. The molecule has 1 aromatic rings. The van der Waals surface area contributed by atoms with Gasteiger partial charge in [0, 0.05) is 6.08 Å². The van der Waals surface area contributed by atoms with Crippen LogP contribution in [-0.4, -0.2) is 24.0 Å². The second kappa shape index (κ2) is 6.81. The van der Waals surface area contributed by atoms with E-state index in [1.54, 1.807) is 12.1 Å². The molecule has 0 amide bonds. The average Bonchev–Trinajstić information content (AvgIpc) is 2.97. The molecule has 27 heavy (non-hydrogen) atoms. The smallest absolute Gasteiger partial charge is 0.330 e. The zero-order valence-electron chi connectivity index (χ0n) is 16.2. The van der Waals surface area contributed by atoms with Crippen molar-refractivity contribution in [2.75, 3.05) is 6.61 Å². The Bertz CT molecular complexity index is 809. The van der Waals surface area contributed by atoms with E-state index in [1.165, 1.54) is 16.7 Å². The highest BCUT2D eigenvalue weighted by Gasteiger charge is 2.52. The van der Waals surface area contributed by atoms with Crippen LogP contribution in [0.15, 0.2) is 23.8 Å². The first-order valence-corrected chi connectivity index (χ1v) is 10.2. The molecule has 0 radical (unpaired) electrons. The number of carbonyl (C=O) groups excluding carboxylic acids is 2. The maximum atomic E-state index is 12.0. The molecular formula is C23H28O4. The van der Waals surface area contributed by atoms with E-state index < -0.39 is 0 Å². The Balaban J connectivity index is 1.65. The number of carbonyl (C=O) groups is 2. The van der Waals surface area contributed by atoms with Gasteiger partial charge in [-0.1, -0.05) is 12.5 Å². The van der Waals surface area contributed by atoms with Crippen molar-refractivity contribution >= 4 is 12.3 Å². The number of fused-ring (bicyclic) bond motifs is 5. The maximum Gasteiger partial charge on any atom is 0.330 e. The molecule has 0 bridgehead atoms. The van der Waals surface area contributed by atoms with E-state index in [1.807, 2.05) is 13.0 Å². The first-order valence-electron chi connectivity index (χ1n) is 10.2. The molecule has 1 N–H and O–H groups in total. The minimum atomic E-state index is -0.211. The molecule has 3 aliphatic rings. The summed E-state index contributed by atoms with van der Waals surface area (Å²) >= 11 is 0. The van der Waals surface area contributed by atoms with Gasteiger partial charge in [-0.25, -0.2) is 4.79 Å². The van der Waals surface area contributed by atoms with Crippen LogP contribution < -0.4 is 0 Å². The minimum Gasteiger partial charge on any atom is -0.507 e. The fourth-order valence-electron chi connectivity index (χ4n) is 6.13. The van der Waals surface area contributed by atoms with E-state index in [-0.39, 0.29) is 17.1 Å². The van der Waals surface area contributed by atoms with E-state index in [2.05, 4.69) is 6.92 Å². The number of benzene rings is 1. The lowest BCUT2D eigenvalue weighted by molar-refractivity contribution is -0.137. The van der Waals surface area contributed by atoms with Crippen molar-refractivity contribution in [3.63, 3.8) is 0 Å². The lowest BCUT2D eigenvalue weighted by Crippen LogP contribution is -2.40. The van der Waals surface area contributed by atoms with E-state index in [4.69, 9.17) is 4.74 Å². The molecule has 4 heteroatoms. The van der Waals surface area contributed by atoms with Gasteiger partial charge >= 0.3 is 5.97 Å². The molecule has 0 aromatic heterocycles. The Morgan fingerprint density at radius 3 is 2.85 bits per heavy atom. The Morgan fingerprint density at radius 1 is 1.30 bits per heavy atom. The number of aldehydes is 1. The van der Waals surface area contributed by atoms with Crippen molar-refractivity contribution in [2.45, 2.75) is 58.3 Å².